The quantitative estimate of drug-likeness (QED) is 0.439. The molecule has 2 unspecified atom stereocenters. The van der Waals surface area contributed by atoms with Gasteiger partial charge in [0.25, 0.3) is 5.91 Å². The van der Waals surface area contributed by atoms with Crippen molar-refractivity contribution in [3.05, 3.63) is 65.2 Å². The van der Waals surface area contributed by atoms with E-state index in [1.54, 1.807) is 38.1 Å². The van der Waals surface area contributed by atoms with E-state index < -0.39 is 39.8 Å². The topological polar surface area (TPSA) is 119 Å². The third-order valence-electron chi connectivity index (χ3n) is 4.66. The molecule has 0 aliphatic carbocycles. The zero-order valence-electron chi connectivity index (χ0n) is 18.7. The number of nitrogens with one attached hydrogen (secondary N) is 2. The zero-order valence-corrected chi connectivity index (χ0v) is 19.5. The van der Waals surface area contributed by atoms with Gasteiger partial charge in [-0.25, -0.2) is 13.2 Å². The molecule has 9 heteroatoms. The first-order chi connectivity index (χ1) is 14.9. The van der Waals surface area contributed by atoms with Crippen LogP contribution in [0.1, 0.15) is 47.1 Å². The highest BCUT2D eigenvalue weighted by Crippen LogP contribution is 2.15. The summed E-state index contributed by atoms with van der Waals surface area (Å²) in [6, 6.07) is 11.8. The summed E-state index contributed by atoms with van der Waals surface area (Å²) in [5, 5.41) is 2.68. The maximum absolute atomic E-state index is 12.7. The van der Waals surface area contributed by atoms with E-state index in [4.69, 9.17) is 4.74 Å². The Morgan fingerprint density at radius 1 is 0.875 bits per heavy atom. The van der Waals surface area contributed by atoms with Crippen LogP contribution in [0.4, 0.5) is 5.69 Å². The van der Waals surface area contributed by atoms with E-state index in [1.807, 2.05) is 6.92 Å². The van der Waals surface area contributed by atoms with Crippen molar-refractivity contribution in [2.75, 3.05) is 11.0 Å². The van der Waals surface area contributed by atoms with Gasteiger partial charge in [-0.1, -0.05) is 31.5 Å². The summed E-state index contributed by atoms with van der Waals surface area (Å²) < 4.78 is 30.2. The fraction of sp³-hybridized carbons (Fsp3) is 0.348. The molecule has 2 atom stereocenters. The molecule has 0 aromatic heterocycles. The Bertz CT molecular complexity index is 1080. The van der Waals surface area contributed by atoms with Crippen molar-refractivity contribution in [2.24, 2.45) is 5.92 Å². The second-order valence-corrected chi connectivity index (χ2v) is 9.70. The lowest BCUT2D eigenvalue weighted by Gasteiger charge is -2.23. The third kappa shape index (κ3) is 7.19. The molecule has 2 aromatic rings. The van der Waals surface area contributed by atoms with Gasteiger partial charge in [0.1, 0.15) is 6.04 Å². The van der Waals surface area contributed by atoms with E-state index >= 15 is 0 Å². The number of aryl methyl sites for hydroxylation is 1. The molecule has 0 fully saturated rings. The number of amides is 1. The third-order valence-corrected chi connectivity index (χ3v) is 5.26. The summed E-state index contributed by atoms with van der Waals surface area (Å²) in [6.45, 7) is 6.88. The highest BCUT2D eigenvalue weighted by atomic mass is 32.2. The van der Waals surface area contributed by atoms with Crippen molar-refractivity contribution >= 4 is 33.4 Å². The smallest absolute Gasteiger partial charge is 0.329 e. The second-order valence-electron chi connectivity index (χ2n) is 7.96. The minimum Gasteiger partial charge on any atom is -0.453 e. The standard InChI is InChI=1S/C23H28N2O6S/c1-14(2)20(24-22(27)18-8-6-15(3)7-9-18)23(28)31-16(4)21(26)17-10-12-19(13-11-17)25-32(5,29)30/h6-14,16,20,25H,1-5H3,(H,24,27). The summed E-state index contributed by atoms with van der Waals surface area (Å²) in [6.07, 6.45) is -0.0650. The highest BCUT2D eigenvalue weighted by molar-refractivity contribution is 7.92. The van der Waals surface area contributed by atoms with Crippen LogP contribution in [0, 0.1) is 12.8 Å². The number of rotatable bonds is 9. The molecule has 32 heavy (non-hydrogen) atoms. The first-order valence-corrected chi connectivity index (χ1v) is 12.0. The maximum atomic E-state index is 12.7. The number of hydrogen-bond acceptors (Lipinski definition) is 6. The number of ether oxygens (including phenoxy) is 1. The van der Waals surface area contributed by atoms with E-state index in [2.05, 4.69) is 10.0 Å². The van der Waals surface area contributed by atoms with Crippen molar-refractivity contribution < 1.29 is 27.5 Å². The predicted molar refractivity (Wildman–Crippen MR) is 122 cm³/mol. The molecule has 0 spiro atoms. The van der Waals surface area contributed by atoms with Crippen LogP contribution in [0.3, 0.4) is 0 Å². The van der Waals surface area contributed by atoms with Crippen molar-refractivity contribution in [1.82, 2.24) is 5.32 Å². The number of ketones is 1. The van der Waals surface area contributed by atoms with Crippen LogP contribution in [-0.2, 0) is 19.6 Å². The Morgan fingerprint density at radius 2 is 1.41 bits per heavy atom. The van der Waals surface area contributed by atoms with E-state index in [1.165, 1.54) is 31.2 Å². The van der Waals surface area contributed by atoms with Gasteiger partial charge in [-0.3, -0.25) is 14.3 Å². The normalized spacial score (nSPS) is 13.2. The van der Waals surface area contributed by atoms with Crippen LogP contribution < -0.4 is 10.0 Å². The predicted octanol–water partition coefficient (Wildman–Crippen LogP) is 2.94. The number of carbonyl (C=O) groups excluding carboxylic acids is 3. The molecular formula is C23H28N2O6S. The van der Waals surface area contributed by atoms with Crippen molar-refractivity contribution in [2.45, 2.75) is 39.8 Å². The number of benzene rings is 2. The second kappa shape index (κ2) is 10.4. The molecule has 0 heterocycles. The largest absolute Gasteiger partial charge is 0.453 e. The van der Waals surface area contributed by atoms with Gasteiger partial charge < -0.3 is 10.1 Å². The lowest BCUT2D eigenvalue weighted by Crippen LogP contribution is -2.46. The van der Waals surface area contributed by atoms with Gasteiger partial charge in [0.05, 0.1) is 6.26 Å². The number of sulfonamides is 1. The van der Waals surface area contributed by atoms with Gasteiger partial charge in [0.15, 0.2) is 6.10 Å². The Morgan fingerprint density at radius 3 is 1.91 bits per heavy atom. The number of Topliss-reactive ketones (excluding diaryl/α,β-unsaturated/α-hetero) is 1. The Hall–Kier alpha value is -3.20. The fourth-order valence-corrected chi connectivity index (χ4v) is 3.44. The van der Waals surface area contributed by atoms with Crippen LogP contribution in [0.2, 0.25) is 0 Å². The molecule has 8 nitrogen and oxygen atoms in total. The molecule has 0 saturated carbocycles. The number of carbonyl (C=O) groups is 3. The molecule has 0 aliphatic rings. The Kier molecular flexibility index (Phi) is 8.15. The molecule has 0 bridgehead atoms. The molecule has 2 N–H and O–H groups in total. The van der Waals surface area contributed by atoms with Gasteiger partial charge in [-0.05, 0) is 56.2 Å². The van der Waals surface area contributed by atoms with Gasteiger partial charge in [0, 0.05) is 16.8 Å². The van der Waals surface area contributed by atoms with Gasteiger partial charge in [0.2, 0.25) is 15.8 Å². The van der Waals surface area contributed by atoms with Crippen molar-refractivity contribution in [3.8, 4) is 0 Å². The molecular weight excluding hydrogens is 432 g/mol. The lowest BCUT2D eigenvalue weighted by molar-refractivity contribution is -0.149. The molecule has 2 aromatic carbocycles. The number of esters is 1. The monoisotopic (exact) mass is 460 g/mol. The minimum atomic E-state index is -3.43. The molecule has 0 saturated heterocycles. The summed E-state index contributed by atoms with van der Waals surface area (Å²) in [5.41, 5.74) is 2.00. The summed E-state index contributed by atoms with van der Waals surface area (Å²) in [7, 11) is -3.43. The molecule has 0 radical (unpaired) electrons. The average Bonchev–Trinajstić information content (AvgIpc) is 2.70. The Balaban J connectivity index is 2.04. The van der Waals surface area contributed by atoms with Crippen molar-refractivity contribution in [1.29, 1.82) is 0 Å². The zero-order chi connectivity index (χ0) is 24.1. The molecule has 1 amide bonds. The van der Waals surface area contributed by atoms with Crippen LogP contribution in [0.25, 0.3) is 0 Å². The van der Waals surface area contributed by atoms with E-state index in [0.29, 0.717) is 11.3 Å². The molecule has 172 valence electrons. The number of hydrogen-bond donors (Lipinski definition) is 2. The van der Waals surface area contributed by atoms with Crippen LogP contribution >= 0.6 is 0 Å². The van der Waals surface area contributed by atoms with Gasteiger partial charge >= 0.3 is 5.97 Å². The van der Waals surface area contributed by atoms with Crippen molar-refractivity contribution in [3.63, 3.8) is 0 Å². The van der Waals surface area contributed by atoms with E-state index in [-0.39, 0.29) is 11.5 Å². The van der Waals surface area contributed by atoms with Gasteiger partial charge in [-0.15, -0.1) is 0 Å². The minimum absolute atomic E-state index is 0.258. The fourth-order valence-electron chi connectivity index (χ4n) is 2.88. The molecule has 2 rings (SSSR count). The highest BCUT2D eigenvalue weighted by Gasteiger charge is 2.29. The molecule has 0 aliphatic heterocycles. The van der Waals surface area contributed by atoms with Gasteiger partial charge in [-0.2, -0.15) is 0 Å². The summed E-state index contributed by atoms with van der Waals surface area (Å²) in [4.78, 5) is 37.9. The number of anilines is 1. The van der Waals surface area contributed by atoms with Crippen LogP contribution in [0.5, 0.6) is 0 Å². The lowest BCUT2D eigenvalue weighted by atomic mass is 10.0. The first kappa shape index (κ1) is 25.1. The Labute approximate surface area is 188 Å². The summed E-state index contributed by atoms with van der Waals surface area (Å²) >= 11 is 0. The van der Waals surface area contributed by atoms with Crippen LogP contribution in [-0.4, -0.2) is 44.5 Å². The summed E-state index contributed by atoms with van der Waals surface area (Å²) in [5.74, 6) is -1.83. The maximum Gasteiger partial charge on any atom is 0.329 e. The first-order valence-electron chi connectivity index (χ1n) is 10.1. The van der Waals surface area contributed by atoms with E-state index in [0.717, 1.165) is 11.8 Å². The average molecular weight is 461 g/mol. The van der Waals surface area contributed by atoms with Crippen LogP contribution in [0.15, 0.2) is 48.5 Å². The van der Waals surface area contributed by atoms with E-state index in [9.17, 15) is 22.8 Å². The SMILES string of the molecule is Cc1ccc(C(=O)NC(C(=O)OC(C)C(=O)c2ccc(NS(C)(=O)=O)cc2)C(C)C)cc1.